The molecule has 0 bridgehead atoms. The molecule has 0 radical (unpaired) electrons. The molecular weight excluding hydrogens is 426 g/mol. The molecule has 182 valence electrons. The zero-order valence-corrected chi connectivity index (χ0v) is 19.3. The van der Waals surface area contributed by atoms with Crippen molar-refractivity contribution in [3.63, 3.8) is 0 Å². The maximum atomic E-state index is 13.3. The number of hydrogen-bond donors (Lipinski definition) is 3. The summed E-state index contributed by atoms with van der Waals surface area (Å²) in [5, 5.41) is 15.8. The number of ether oxygens (including phenoxy) is 2. The predicted molar refractivity (Wildman–Crippen MR) is 123 cm³/mol. The van der Waals surface area contributed by atoms with Gasteiger partial charge in [0.15, 0.2) is 0 Å². The monoisotopic (exact) mass is 461 g/mol. The molecule has 9 nitrogen and oxygen atoms in total. The van der Waals surface area contributed by atoms with Crippen LogP contribution in [0.25, 0.3) is 0 Å². The number of nitrogens with one attached hydrogen (secondary N) is 2. The van der Waals surface area contributed by atoms with Crippen LogP contribution in [0, 0.1) is 5.92 Å². The van der Waals surface area contributed by atoms with Gasteiger partial charge in [-0.25, -0.2) is 0 Å². The van der Waals surface area contributed by atoms with Gasteiger partial charge in [0.25, 0.3) is 0 Å². The zero-order chi connectivity index (χ0) is 23.6. The lowest BCUT2D eigenvalue weighted by Crippen LogP contribution is -2.54. The van der Waals surface area contributed by atoms with Gasteiger partial charge in [-0.1, -0.05) is 18.2 Å². The van der Waals surface area contributed by atoms with Crippen molar-refractivity contribution in [3.8, 4) is 0 Å². The Bertz CT molecular complexity index is 811. The third-order valence-corrected chi connectivity index (χ3v) is 6.23. The van der Waals surface area contributed by atoms with E-state index in [0.29, 0.717) is 31.1 Å². The average molecular weight is 462 g/mol. The van der Waals surface area contributed by atoms with Gasteiger partial charge in [0, 0.05) is 12.3 Å². The van der Waals surface area contributed by atoms with E-state index in [4.69, 9.17) is 9.47 Å². The molecule has 2 aliphatic heterocycles. The summed E-state index contributed by atoms with van der Waals surface area (Å²) in [5.41, 5.74) is 1.50. The number of nitrogens with zero attached hydrogens (tertiary/aromatic N) is 1. The van der Waals surface area contributed by atoms with E-state index in [1.807, 2.05) is 12.1 Å². The normalized spacial score (nSPS) is 20.1. The molecule has 33 heavy (non-hydrogen) atoms. The standard InChI is InChI=1S/C24H35N3O6/c1-2-33-24(31)20(16-32-14-11-17-9-12-25-13-10-17)26-19-8-7-18-5-3-4-6-21(18)27(23(19)30)15-22(28)29/h3-6,17,19-20,25-26H,2,7-16H2,1H3,(H,28,29)/t19?,20-/m0/s1. The lowest BCUT2D eigenvalue weighted by molar-refractivity contribution is -0.148. The molecule has 1 aromatic carbocycles. The number of rotatable bonds is 11. The van der Waals surface area contributed by atoms with Crippen molar-refractivity contribution in [2.45, 2.75) is 51.1 Å². The molecule has 2 aliphatic rings. The molecule has 9 heteroatoms. The molecule has 3 N–H and O–H groups in total. The summed E-state index contributed by atoms with van der Waals surface area (Å²) < 4.78 is 11.0. The van der Waals surface area contributed by atoms with E-state index in [2.05, 4.69) is 10.6 Å². The van der Waals surface area contributed by atoms with Gasteiger partial charge in [-0.15, -0.1) is 0 Å². The van der Waals surface area contributed by atoms with Gasteiger partial charge >= 0.3 is 11.9 Å². The van der Waals surface area contributed by atoms with Crippen LogP contribution in [0.3, 0.4) is 0 Å². The molecule has 1 saturated heterocycles. The Hall–Kier alpha value is -2.49. The summed E-state index contributed by atoms with van der Waals surface area (Å²) in [4.78, 5) is 38.6. The number of aryl methyl sites for hydroxylation is 1. The summed E-state index contributed by atoms with van der Waals surface area (Å²) in [6.07, 6.45) is 4.21. The summed E-state index contributed by atoms with van der Waals surface area (Å²) in [5.74, 6) is -1.32. The van der Waals surface area contributed by atoms with Crippen molar-refractivity contribution in [2.75, 3.05) is 44.4 Å². The second-order valence-electron chi connectivity index (χ2n) is 8.57. The van der Waals surface area contributed by atoms with Crippen molar-refractivity contribution in [2.24, 2.45) is 5.92 Å². The minimum atomic E-state index is -1.10. The molecule has 3 rings (SSSR count). The number of carboxylic acids is 1. The van der Waals surface area contributed by atoms with E-state index < -0.39 is 30.6 Å². The molecule has 0 aliphatic carbocycles. The first-order valence-corrected chi connectivity index (χ1v) is 11.8. The highest BCUT2D eigenvalue weighted by atomic mass is 16.5. The molecule has 1 unspecified atom stereocenters. The predicted octanol–water partition coefficient (Wildman–Crippen LogP) is 1.35. The van der Waals surface area contributed by atoms with Crippen LogP contribution in [0.4, 0.5) is 5.69 Å². The number of esters is 1. The van der Waals surface area contributed by atoms with Gasteiger partial charge in [-0.2, -0.15) is 0 Å². The summed E-state index contributed by atoms with van der Waals surface area (Å²) >= 11 is 0. The smallest absolute Gasteiger partial charge is 0.325 e. The Kier molecular flexibility index (Phi) is 9.65. The number of carbonyl (C=O) groups is 3. The van der Waals surface area contributed by atoms with Crippen LogP contribution in [0.1, 0.15) is 38.2 Å². The Morgan fingerprint density at radius 1 is 1.24 bits per heavy atom. The average Bonchev–Trinajstić information content (AvgIpc) is 2.93. The molecular formula is C24H35N3O6. The number of anilines is 1. The molecule has 2 atom stereocenters. The topological polar surface area (TPSA) is 117 Å². The third kappa shape index (κ3) is 7.25. The SMILES string of the molecule is CCOC(=O)[C@H](COCCC1CCNCC1)NC1CCc2ccccc2N(CC(=O)O)C1=O. The van der Waals surface area contributed by atoms with E-state index in [0.717, 1.165) is 37.9 Å². The fourth-order valence-corrected chi connectivity index (χ4v) is 4.46. The fraction of sp³-hybridized carbons (Fsp3) is 0.625. The van der Waals surface area contributed by atoms with Crippen LogP contribution in [-0.4, -0.2) is 74.5 Å². The first-order valence-electron chi connectivity index (χ1n) is 11.8. The highest BCUT2D eigenvalue weighted by molar-refractivity contribution is 6.02. The Morgan fingerprint density at radius 3 is 2.73 bits per heavy atom. The molecule has 0 spiro atoms. The van der Waals surface area contributed by atoms with Gasteiger partial charge in [-0.3, -0.25) is 24.6 Å². The van der Waals surface area contributed by atoms with Crippen LogP contribution in [-0.2, 0) is 30.3 Å². The fourth-order valence-electron chi connectivity index (χ4n) is 4.46. The van der Waals surface area contributed by atoms with Gasteiger partial charge in [-0.05, 0) is 69.7 Å². The molecule has 2 heterocycles. The van der Waals surface area contributed by atoms with E-state index >= 15 is 0 Å². The van der Waals surface area contributed by atoms with Crippen molar-refractivity contribution < 1.29 is 29.0 Å². The second-order valence-corrected chi connectivity index (χ2v) is 8.57. The van der Waals surface area contributed by atoms with Gasteiger partial charge in [0.2, 0.25) is 5.91 Å². The molecule has 1 fully saturated rings. The van der Waals surface area contributed by atoms with Crippen LogP contribution in [0.15, 0.2) is 24.3 Å². The number of aliphatic carboxylic acids is 1. The van der Waals surface area contributed by atoms with Crippen molar-refractivity contribution in [1.29, 1.82) is 0 Å². The second kappa shape index (κ2) is 12.7. The largest absolute Gasteiger partial charge is 0.480 e. The molecule has 1 aromatic rings. The number of carbonyl (C=O) groups excluding carboxylic acids is 2. The highest BCUT2D eigenvalue weighted by Gasteiger charge is 2.34. The van der Waals surface area contributed by atoms with Crippen molar-refractivity contribution in [3.05, 3.63) is 29.8 Å². The lowest BCUT2D eigenvalue weighted by atomic mass is 9.95. The van der Waals surface area contributed by atoms with Gasteiger partial charge < -0.3 is 19.9 Å². The van der Waals surface area contributed by atoms with E-state index in [9.17, 15) is 19.5 Å². The number of amides is 1. The maximum Gasteiger partial charge on any atom is 0.325 e. The lowest BCUT2D eigenvalue weighted by Gasteiger charge is -2.27. The van der Waals surface area contributed by atoms with Crippen LogP contribution in [0.5, 0.6) is 0 Å². The van der Waals surface area contributed by atoms with Crippen LogP contribution < -0.4 is 15.5 Å². The maximum absolute atomic E-state index is 13.3. The summed E-state index contributed by atoms with van der Waals surface area (Å²) in [6, 6.07) is 5.77. The summed E-state index contributed by atoms with van der Waals surface area (Å²) in [7, 11) is 0. The zero-order valence-electron chi connectivity index (χ0n) is 19.3. The van der Waals surface area contributed by atoms with Crippen LogP contribution in [0.2, 0.25) is 0 Å². The minimum absolute atomic E-state index is 0.0967. The van der Waals surface area contributed by atoms with Crippen molar-refractivity contribution in [1.82, 2.24) is 10.6 Å². The number of piperidine rings is 1. The van der Waals surface area contributed by atoms with E-state index in [-0.39, 0.29) is 19.1 Å². The number of benzene rings is 1. The third-order valence-electron chi connectivity index (χ3n) is 6.23. The number of fused-ring (bicyclic) bond motifs is 1. The van der Waals surface area contributed by atoms with Gasteiger partial charge in [0.05, 0.1) is 19.3 Å². The first kappa shape index (κ1) is 25.1. The minimum Gasteiger partial charge on any atom is -0.480 e. The van der Waals surface area contributed by atoms with Gasteiger partial charge in [0.1, 0.15) is 12.6 Å². The number of hydrogen-bond acceptors (Lipinski definition) is 7. The van der Waals surface area contributed by atoms with Crippen molar-refractivity contribution >= 4 is 23.5 Å². The van der Waals surface area contributed by atoms with E-state index in [1.165, 1.54) is 4.90 Å². The number of para-hydroxylation sites is 1. The highest BCUT2D eigenvalue weighted by Crippen LogP contribution is 2.27. The Balaban J connectivity index is 1.65. The van der Waals surface area contributed by atoms with Crippen LogP contribution >= 0.6 is 0 Å². The quantitative estimate of drug-likeness (QED) is 0.334. The number of carboxylic acid groups (broad SMARTS) is 1. The van der Waals surface area contributed by atoms with E-state index in [1.54, 1.807) is 19.1 Å². The molecule has 0 aromatic heterocycles. The Labute approximate surface area is 194 Å². The summed E-state index contributed by atoms with van der Waals surface area (Å²) in [6.45, 7) is 4.20. The Morgan fingerprint density at radius 2 is 2.00 bits per heavy atom. The first-order chi connectivity index (χ1) is 16.0. The molecule has 1 amide bonds. The molecule has 0 saturated carbocycles.